The van der Waals surface area contributed by atoms with E-state index in [4.69, 9.17) is 0 Å². The normalized spacial score (nSPS) is 15.4. The Labute approximate surface area is 163 Å². The summed E-state index contributed by atoms with van der Waals surface area (Å²) in [4.78, 5) is 26.4. The molecule has 1 aliphatic rings. The van der Waals surface area contributed by atoms with Crippen LogP contribution < -0.4 is 5.32 Å². The molecule has 0 spiro atoms. The molecule has 4 rings (SSSR count). The number of carbonyl (C=O) groups is 2. The molecule has 0 bridgehead atoms. The fraction of sp³-hybridized carbons (Fsp3) is 0.130. The van der Waals surface area contributed by atoms with Gasteiger partial charge in [-0.1, -0.05) is 48.0 Å². The summed E-state index contributed by atoms with van der Waals surface area (Å²) < 4.78 is 2.05. The monoisotopic (exact) mass is 371 g/mol. The molecular weight excluding hydrogens is 350 g/mol. The van der Waals surface area contributed by atoms with E-state index in [1.54, 1.807) is 6.08 Å². The molecule has 0 aliphatic carbocycles. The fourth-order valence-corrected chi connectivity index (χ4v) is 3.34. The number of aromatic nitrogens is 1. The fourth-order valence-electron chi connectivity index (χ4n) is 3.34. The first-order chi connectivity index (χ1) is 13.5. The average molecular weight is 371 g/mol. The Hall–Kier alpha value is -3.60. The van der Waals surface area contributed by atoms with Gasteiger partial charge in [-0.2, -0.15) is 0 Å². The third-order valence-electron chi connectivity index (χ3n) is 4.84. The number of hydrogen-bond donors (Lipinski definition) is 1. The minimum atomic E-state index is -0.397. The number of imide groups is 1. The van der Waals surface area contributed by atoms with Crippen molar-refractivity contribution in [2.24, 2.45) is 0 Å². The van der Waals surface area contributed by atoms with Gasteiger partial charge in [-0.25, -0.2) is 4.79 Å². The van der Waals surface area contributed by atoms with E-state index in [-0.39, 0.29) is 18.1 Å². The van der Waals surface area contributed by atoms with Crippen molar-refractivity contribution in [1.29, 1.82) is 0 Å². The number of para-hydroxylation sites is 1. The van der Waals surface area contributed by atoms with Crippen molar-refractivity contribution in [2.75, 3.05) is 0 Å². The number of hydrogen-bond acceptors (Lipinski definition) is 2. The second kappa shape index (κ2) is 7.19. The van der Waals surface area contributed by atoms with Gasteiger partial charge in [0.15, 0.2) is 0 Å². The summed E-state index contributed by atoms with van der Waals surface area (Å²) in [5, 5.41) is 2.71. The maximum Gasteiger partial charge on any atom is 0.329 e. The van der Waals surface area contributed by atoms with Crippen molar-refractivity contribution in [1.82, 2.24) is 14.8 Å². The second-order valence-electron chi connectivity index (χ2n) is 6.94. The topological polar surface area (TPSA) is 54.3 Å². The number of nitrogens with one attached hydrogen (secondary N) is 1. The van der Waals surface area contributed by atoms with Gasteiger partial charge in [0.2, 0.25) is 0 Å². The molecule has 1 saturated heterocycles. The number of amides is 3. The highest BCUT2D eigenvalue weighted by Gasteiger charge is 2.33. The molecule has 2 heterocycles. The van der Waals surface area contributed by atoms with Crippen LogP contribution in [0.4, 0.5) is 4.79 Å². The molecule has 28 heavy (non-hydrogen) atoms. The van der Waals surface area contributed by atoms with Gasteiger partial charge in [0.05, 0.1) is 6.54 Å². The lowest BCUT2D eigenvalue weighted by atomic mass is 10.1. The number of urea groups is 1. The zero-order valence-electron chi connectivity index (χ0n) is 15.8. The van der Waals surface area contributed by atoms with Gasteiger partial charge in [0.25, 0.3) is 5.91 Å². The van der Waals surface area contributed by atoms with Crippen LogP contribution in [0.25, 0.3) is 11.8 Å². The van der Waals surface area contributed by atoms with E-state index in [9.17, 15) is 9.59 Å². The Morgan fingerprint density at radius 2 is 1.61 bits per heavy atom. The predicted octanol–water partition coefficient (Wildman–Crippen LogP) is 4.19. The summed E-state index contributed by atoms with van der Waals surface area (Å²) in [7, 11) is 0. The third-order valence-corrected chi connectivity index (χ3v) is 4.84. The van der Waals surface area contributed by atoms with Crippen LogP contribution in [0.1, 0.15) is 22.5 Å². The summed E-state index contributed by atoms with van der Waals surface area (Å²) in [5.41, 5.74) is 5.23. The van der Waals surface area contributed by atoms with E-state index in [1.807, 2.05) is 80.6 Å². The first-order valence-corrected chi connectivity index (χ1v) is 9.17. The van der Waals surface area contributed by atoms with Crippen molar-refractivity contribution in [3.63, 3.8) is 0 Å². The van der Waals surface area contributed by atoms with Crippen molar-refractivity contribution in [3.8, 4) is 5.69 Å². The van der Waals surface area contributed by atoms with Gasteiger partial charge in [-0.05, 0) is 49.8 Å². The van der Waals surface area contributed by atoms with Crippen LogP contribution in [0.3, 0.4) is 0 Å². The highest BCUT2D eigenvalue weighted by Crippen LogP contribution is 2.21. The second-order valence-corrected chi connectivity index (χ2v) is 6.94. The minimum absolute atomic E-state index is 0.251. The molecule has 1 aliphatic heterocycles. The molecule has 2 aromatic carbocycles. The number of aryl methyl sites for hydroxylation is 2. The molecule has 3 aromatic rings. The van der Waals surface area contributed by atoms with Crippen LogP contribution in [0.15, 0.2) is 72.4 Å². The number of carbonyl (C=O) groups excluding carboxylic acids is 2. The van der Waals surface area contributed by atoms with Crippen LogP contribution in [-0.4, -0.2) is 21.4 Å². The highest BCUT2D eigenvalue weighted by molar-refractivity contribution is 6.13. The van der Waals surface area contributed by atoms with Crippen LogP contribution in [0, 0.1) is 13.8 Å². The Balaban J connectivity index is 1.62. The smallest absolute Gasteiger partial charge is 0.314 e. The van der Waals surface area contributed by atoms with E-state index in [2.05, 4.69) is 9.88 Å². The van der Waals surface area contributed by atoms with Gasteiger partial charge in [-0.3, -0.25) is 9.69 Å². The summed E-state index contributed by atoms with van der Waals surface area (Å²) in [6.07, 6.45) is 1.73. The SMILES string of the molecule is Cc1ccc(CN2C(=O)N/C(=C\c3ccc(C)n3-c3ccccc3)C2=O)cc1. The summed E-state index contributed by atoms with van der Waals surface area (Å²) in [6, 6.07) is 21.3. The van der Waals surface area contributed by atoms with Gasteiger partial charge in [-0.15, -0.1) is 0 Å². The molecule has 0 saturated carbocycles. The van der Waals surface area contributed by atoms with Crippen LogP contribution in [0.2, 0.25) is 0 Å². The van der Waals surface area contributed by atoms with Gasteiger partial charge >= 0.3 is 6.03 Å². The first kappa shape index (κ1) is 17.8. The van der Waals surface area contributed by atoms with Crippen molar-refractivity contribution in [3.05, 3.63) is 94.9 Å². The Morgan fingerprint density at radius 1 is 0.893 bits per heavy atom. The lowest BCUT2D eigenvalue weighted by Crippen LogP contribution is -2.30. The third kappa shape index (κ3) is 3.34. The standard InChI is InChI=1S/C23H21N3O2/c1-16-8-11-18(12-9-16)15-25-22(27)21(24-23(25)28)14-20-13-10-17(2)26(20)19-6-4-3-5-7-19/h3-14H,15H2,1-2H3,(H,24,28)/b21-14-. The average Bonchev–Trinajstić information content (AvgIpc) is 3.18. The van der Waals surface area contributed by atoms with Gasteiger partial charge < -0.3 is 9.88 Å². The molecule has 1 aromatic heterocycles. The van der Waals surface area contributed by atoms with Gasteiger partial charge in [0.1, 0.15) is 5.70 Å². The zero-order valence-corrected chi connectivity index (χ0v) is 15.8. The minimum Gasteiger partial charge on any atom is -0.314 e. The van der Waals surface area contributed by atoms with E-state index in [1.165, 1.54) is 4.90 Å². The molecule has 0 radical (unpaired) electrons. The summed E-state index contributed by atoms with van der Waals surface area (Å²) in [6.45, 7) is 4.26. The van der Waals surface area contributed by atoms with E-state index < -0.39 is 6.03 Å². The van der Waals surface area contributed by atoms with Gasteiger partial charge in [0, 0.05) is 17.1 Å². The quantitative estimate of drug-likeness (QED) is 0.552. The van der Waals surface area contributed by atoms with Crippen LogP contribution in [0.5, 0.6) is 0 Å². The molecule has 0 atom stereocenters. The lowest BCUT2D eigenvalue weighted by Gasteiger charge is -2.12. The zero-order chi connectivity index (χ0) is 19.7. The number of rotatable bonds is 4. The summed E-state index contributed by atoms with van der Waals surface area (Å²) >= 11 is 0. The molecule has 5 nitrogen and oxygen atoms in total. The predicted molar refractivity (Wildman–Crippen MR) is 109 cm³/mol. The van der Waals surface area contributed by atoms with Crippen LogP contribution in [-0.2, 0) is 11.3 Å². The van der Waals surface area contributed by atoms with Crippen molar-refractivity contribution >= 4 is 18.0 Å². The van der Waals surface area contributed by atoms with Crippen LogP contribution >= 0.6 is 0 Å². The molecule has 3 amide bonds. The maximum absolute atomic E-state index is 12.8. The van der Waals surface area contributed by atoms with E-state index in [0.717, 1.165) is 28.2 Å². The first-order valence-electron chi connectivity index (χ1n) is 9.17. The summed E-state index contributed by atoms with van der Waals surface area (Å²) in [5.74, 6) is -0.316. The molecular formula is C23H21N3O2. The number of nitrogens with zero attached hydrogens (tertiary/aromatic N) is 2. The Morgan fingerprint density at radius 3 is 2.32 bits per heavy atom. The van der Waals surface area contributed by atoms with Crippen molar-refractivity contribution in [2.45, 2.75) is 20.4 Å². The van der Waals surface area contributed by atoms with E-state index in [0.29, 0.717) is 0 Å². The van der Waals surface area contributed by atoms with Crippen molar-refractivity contribution < 1.29 is 9.59 Å². The molecule has 1 N–H and O–H groups in total. The molecule has 1 fully saturated rings. The maximum atomic E-state index is 12.8. The number of benzene rings is 2. The highest BCUT2D eigenvalue weighted by atomic mass is 16.2. The molecule has 0 unspecified atom stereocenters. The molecule has 5 heteroatoms. The lowest BCUT2D eigenvalue weighted by molar-refractivity contribution is -0.123. The Bertz CT molecular complexity index is 1060. The largest absolute Gasteiger partial charge is 0.329 e. The Kier molecular flexibility index (Phi) is 4.57. The van der Waals surface area contributed by atoms with E-state index >= 15 is 0 Å². The molecule has 140 valence electrons.